The van der Waals surface area contributed by atoms with Crippen LogP contribution in [-0.4, -0.2) is 46.0 Å². The molecule has 0 bridgehead atoms. The van der Waals surface area contributed by atoms with Crippen molar-refractivity contribution in [2.24, 2.45) is 0 Å². The summed E-state index contributed by atoms with van der Waals surface area (Å²) in [6, 6.07) is 2.01. The molecule has 0 aromatic carbocycles. The maximum absolute atomic E-state index is 12.5. The van der Waals surface area contributed by atoms with Crippen LogP contribution < -0.4 is 5.46 Å². The van der Waals surface area contributed by atoms with Crippen LogP contribution in [0.15, 0.2) is 18.5 Å². The van der Waals surface area contributed by atoms with Crippen LogP contribution in [0.4, 0.5) is 4.79 Å². The predicted octanol–water partition coefficient (Wildman–Crippen LogP) is 3.32. The number of hydrogen-bond donors (Lipinski definition) is 0. The first-order valence-corrected chi connectivity index (χ1v) is 9.42. The van der Waals surface area contributed by atoms with Crippen LogP contribution in [0, 0.1) is 0 Å². The molecule has 2 aliphatic rings. The molecule has 0 N–H and O–H groups in total. The number of hydrogen-bond acceptors (Lipinski definition) is 4. The van der Waals surface area contributed by atoms with E-state index in [0.29, 0.717) is 6.54 Å². The summed E-state index contributed by atoms with van der Waals surface area (Å²) in [5, 5.41) is 0. The minimum absolute atomic E-state index is 0.0268. The molecule has 1 aromatic rings. The topological polar surface area (TPSA) is 52.9 Å². The van der Waals surface area contributed by atoms with Gasteiger partial charge in [0.25, 0.3) is 0 Å². The summed E-state index contributed by atoms with van der Waals surface area (Å²) in [6.07, 6.45) is 5.61. The molecule has 2 aliphatic heterocycles. The van der Waals surface area contributed by atoms with E-state index in [2.05, 4.69) is 4.57 Å². The van der Waals surface area contributed by atoms with Crippen LogP contribution in [0.3, 0.4) is 0 Å². The lowest BCUT2D eigenvalue weighted by Crippen LogP contribution is -2.41. The molecule has 0 radical (unpaired) electrons. The molecular weight excluding hydrogens is 331 g/mol. The van der Waals surface area contributed by atoms with Crippen LogP contribution in [0.5, 0.6) is 0 Å². The molecule has 1 aromatic heterocycles. The molecule has 1 amide bonds. The third kappa shape index (κ3) is 3.65. The summed E-state index contributed by atoms with van der Waals surface area (Å²) in [7, 11) is -0.391. The van der Waals surface area contributed by atoms with Gasteiger partial charge in [-0.15, -0.1) is 0 Å². The van der Waals surface area contributed by atoms with E-state index >= 15 is 0 Å². The minimum atomic E-state index is -0.491. The Hall–Kier alpha value is -1.47. The Labute approximate surface area is 156 Å². The summed E-state index contributed by atoms with van der Waals surface area (Å²) in [6.45, 7) is 14.6. The van der Waals surface area contributed by atoms with Crippen molar-refractivity contribution in [3.05, 3.63) is 18.5 Å². The van der Waals surface area contributed by atoms with E-state index in [-0.39, 0.29) is 23.5 Å². The Balaban J connectivity index is 1.74. The Kier molecular flexibility index (Phi) is 4.68. The van der Waals surface area contributed by atoms with Gasteiger partial charge in [-0.25, -0.2) is 4.79 Å². The lowest BCUT2D eigenvalue weighted by atomic mass is 9.81. The first kappa shape index (κ1) is 19.3. The van der Waals surface area contributed by atoms with Gasteiger partial charge in [-0.2, -0.15) is 0 Å². The maximum Gasteiger partial charge on any atom is 0.496 e. The van der Waals surface area contributed by atoms with Crippen molar-refractivity contribution in [3.63, 3.8) is 0 Å². The van der Waals surface area contributed by atoms with Gasteiger partial charge in [0, 0.05) is 24.4 Å². The second-order valence-corrected chi connectivity index (χ2v) is 9.28. The minimum Gasteiger partial charge on any atom is -0.444 e. The van der Waals surface area contributed by atoms with E-state index in [1.807, 2.05) is 66.9 Å². The SMILES string of the molecule is CC(C)(C)OC(=O)N1CCCC1n1ccc(B2OC(C)(C)C(C)(C)O2)c1. The number of nitrogens with zero attached hydrogens (tertiary/aromatic N) is 2. The molecule has 6 nitrogen and oxygen atoms in total. The van der Waals surface area contributed by atoms with Gasteiger partial charge in [0.05, 0.1) is 11.2 Å². The second kappa shape index (κ2) is 6.31. The highest BCUT2D eigenvalue weighted by atomic mass is 16.7. The zero-order chi connectivity index (χ0) is 19.3. The van der Waals surface area contributed by atoms with Gasteiger partial charge in [0.1, 0.15) is 11.8 Å². The number of amides is 1. The number of likely N-dealkylation sites (tertiary alicyclic amines) is 1. The van der Waals surface area contributed by atoms with Gasteiger partial charge in [-0.05, 0) is 67.4 Å². The first-order valence-electron chi connectivity index (χ1n) is 9.42. The van der Waals surface area contributed by atoms with Crippen LogP contribution >= 0.6 is 0 Å². The predicted molar refractivity (Wildman–Crippen MR) is 101 cm³/mol. The summed E-state index contributed by atoms with van der Waals surface area (Å²) in [4.78, 5) is 14.3. The molecule has 1 atom stereocenters. The van der Waals surface area contributed by atoms with Crippen LogP contribution in [0.2, 0.25) is 0 Å². The summed E-state index contributed by atoms with van der Waals surface area (Å²) >= 11 is 0. The molecule has 144 valence electrons. The Morgan fingerprint density at radius 3 is 2.42 bits per heavy atom. The largest absolute Gasteiger partial charge is 0.496 e. The lowest BCUT2D eigenvalue weighted by molar-refractivity contribution is 0.00578. The normalized spacial score (nSPS) is 25.0. The lowest BCUT2D eigenvalue weighted by Gasteiger charge is -2.32. The van der Waals surface area contributed by atoms with Gasteiger partial charge in [-0.3, -0.25) is 4.90 Å². The molecule has 26 heavy (non-hydrogen) atoms. The van der Waals surface area contributed by atoms with Crippen LogP contribution in [-0.2, 0) is 14.0 Å². The number of carbonyl (C=O) groups is 1. The van der Waals surface area contributed by atoms with E-state index in [0.717, 1.165) is 18.3 Å². The van der Waals surface area contributed by atoms with Crippen molar-refractivity contribution in [2.75, 3.05) is 6.54 Å². The third-order valence-electron chi connectivity index (χ3n) is 5.46. The zero-order valence-electron chi connectivity index (χ0n) is 17.0. The number of ether oxygens (including phenoxy) is 1. The van der Waals surface area contributed by atoms with Crippen LogP contribution in [0.1, 0.15) is 67.5 Å². The first-order chi connectivity index (χ1) is 11.9. The fourth-order valence-electron chi connectivity index (χ4n) is 3.33. The van der Waals surface area contributed by atoms with E-state index in [1.54, 1.807) is 4.90 Å². The molecule has 0 spiro atoms. The zero-order valence-corrected chi connectivity index (χ0v) is 17.0. The molecular formula is C19H31BN2O4. The average molecular weight is 362 g/mol. The standard InChI is InChI=1S/C19H31BN2O4/c1-17(2,3)24-16(23)22-11-8-9-15(22)21-12-10-14(13-21)20-25-18(4,5)19(6,7)26-20/h10,12-13,15H,8-9,11H2,1-7H3. The van der Waals surface area contributed by atoms with Crippen molar-refractivity contribution < 1.29 is 18.8 Å². The summed E-state index contributed by atoms with van der Waals surface area (Å²) < 4.78 is 19.9. The maximum atomic E-state index is 12.5. The van der Waals surface area contributed by atoms with Crippen molar-refractivity contribution in [1.82, 2.24) is 9.47 Å². The molecule has 7 heteroatoms. The molecule has 3 rings (SSSR count). The fraction of sp³-hybridized carbons (Fsp3) is 0.737. The van der Waals surface area contributed by atoms with Gasteiger partial charge in [0.2, 0.25) is 0 Å². The number of rotatable bonds is 2. The Morgan fingerprint density at radius 2 is 1.85 bits per heavy atom. The second-order valence-electron chi connectivity index (χ2n) is 9.28. The van der Waals surface area contributed by atoms with Crippen molar-refractivity contribution in [1.29, 1.82) is 0 Å². The summed E-state index contributed by atoms with van der Waals surface area (Å²) in [5.41, 5.74) is -0.250. The highest BCUT2D eigenvalue weighted by Gasteiger charge is 2.52. The van der Waals surface area contributed by atoms with E-state index in [4.69, 9.17) is 14.0 Å². The van der Waals surface area contributed by atoms with Gasteiger partial charge < -0.3 is 18.6 Å². The molecule has 2 fully saturated rings. The van der Waals surface area contributed by atoms with Gasteiger partial charge in [0.15, 0.2) is 0 Å². The van der Waals surface area contributed by atoms with Gasteiger partial charge in [-0.1, -0.05) is 0 Å². The van der Waals surface area contributed by atoms with E-state index in [9.17, 15) is 4.79 Å². The quantitative estimate of drug-likeness (QED) is 0.758. The Morgan fingerprint density at radius 1 is 1.23 bits per heavy atom. The fourth-order valence-corrected chi connectivity index (χ4v) is 3.33. The highest BCUT2D eigenvalue weighted by Crippen LogP contribution is 2.36. The average Bonchev–Trinajstić information content (AvgIpc) is 3.16. The number of carbonyl (C=O) groups excluding carboxylic acids is 1. The monoisotopic (exact) mass is 362 g/mol. The molecule has 0 aliphatic carbocycles. The Bertz CT molecular complexity index is 661. The van der Waals surface area contributed by atoms with Crippen molar-refractivity contribution in [3.8, 4) is 0 Å². The molecule has 2 saturated heterocycles. The molecule has 3 heterocycles. The highest BCUT2D eigenvalue weighted by molar-refractivity contribution is 6.62. The third-order valence-corrected chi connectivity index (χ3v) is 5.46. The van der Waals surface area contributed by atoms with Crippen LogP contribution in [0.25, 0.3) is 0 Å². The van der Waals surface area contributed by atoms with E-state index < -0.39 is 12.7 Å². The summed E-state index contributed by atoms with van der Waals surface area (Å²) in [5.74, 6) is 0. The van der Waals surface area contributed by atoms with Crippen molar-refractivity contribution in [2.45, 2.75) is 84.3 Å². The smallest absolute Gasteiger partial charge is 0.444 e. The van der Waals surface area contributed by atoms with E-state index in [1.165, 1.54) is 0 Å². The molecule has 1 unspecified atom stereocenters. The molecule has 0 saturated carbocycles. The van der Waals surface area contributed by atoms with Gasteiger partial charge >= 0.3 is 13.2 Å². The van der Waals surface area contributed by atoms with Crippen molar-refractivity contribution >= 4 is 18.7 Å². The number of aromatic nitrogens is 1.